The molecule has 17 heteroatoms. The molecule has 4 aromatic heterocycles. The molecule has 7 aromatic rings. The van der Waals surface area contributed by atoms with E-state index in [-0.39, 0.29) is 17.8 Å². The van der Waals surface area contributed by atoms with Gasteiger partial charge in [0, 0.05) is 76.8 Å². The molecule has 0 atom stereocenters. The Labute approximate surface area is 330 Å². The lowest BCUT2D eigenvalue weighted by Crippen LogP contribution is -2.09. The fraction of sp³-hybridized carbons (Fsp3) is 0.195. The number of nitrogens with zero attached hydrogens (tertiary/aromatic N) is 6. The number of hydrogen-bond donors (Lipinski definition) is 7. The average molecular weight is 786 g/mol. The molecule has 0 amide bonds. The molecule has 2 aliphatic carbocycles. The molecule has 3 aromatic carbocycles. The minimum atomic E-state index is -4.49. The molecule has 0 spiro atoms. The van der Waals surface area contributed by atoms with Crippen molar-refractivity contribution in [1.29, 1.82) is 0 Å². The molecule has 0 unspecified atom stereocenters. The number of carbonyl (C=O) groups is 1. The summed E-state index contributed by atoms with van der Waals surface area (Å²) >= 11 is 0. The maximum atomic E-state index is 12.9. The number of carbonyl (C=O) groups excluding carboxylic acids is 1. The Kier molecular flexibility index (Phi) is 10.7. The molecule has 9 rings (SSSR count). The fourth-order valence-electron chi connectivity index (χ4n) is 5.93. The van der Waals surface area contributed by atoms with E-state index >= 15 is 0 Å². The summed E-state index contributed by atoms with van der Waals surface area (Å²) in [4.78, 5) is 29.8. The zero-order chi connectivity index (χ0) is 40.1. The van der Waals surface area contributed by atoms with Crippen molar-refractivity contribution in [2.24, 2.45) is 0 Å². The number of nitrogens with one attached hydrogen (secondary N) is 6. The van der Waals surface area contributed by atoms with Gasteiger partial charge in [-0.1, -0.05) is 24.3 Å². The number of ketones is 1. The van der Waals surface area contributed by atoms with Crippen molar-refractivity contribution in [2.75, 3.05) is 27.0 Å². The number of nitrogens with two attached hydrogens (primary N) is 1. The van der Waals surface area contributed by atoms with Crippen molar-refractivity contribution in [2.45, 2.75) is 50.1 Å². The standard InChI is InChI=1S/C25H21F3N6O.C16H17N7/c26-25(27,28)18-3-1-2-17(13-18)21(35)12-15-4-8-19(9-5-15)30-24-29-11-10-22(32-24)31-23-14-20(33-34-23)16-6-7-16;17-11-3-5-12(6-4-11)19-16-18-8-7-14(21-16)20-15-9-13(22-23-15)10-1-2-10/h1-5,8-11,13-14,16H,6-7,12H2,(H3,29,30,31,32,33,34);3-10H,1-2,17H2,(H3,18,19,20,21,22,23). The first-order valence-electron chi connectivity index (χ1n) is 18.6. The number of halogens is 3. The molecule has 0 bridgehead atoms. The topological polar surface area (TPSA) is 200 Å². The molecule has 0 radical (unpaired) electrons. The van der Waals surface area contributed by atoms with Gasteiger partial charge in [0.25, 0.3) is 0 Å². The lowest BCUT2D eigenvalue weighted by Gasteiger charge is -2.09. The number of Topliss-reactive ketones (excluding diaryl/α,β-unsaturated/α-hetero) is 1. The molecule has 0 aliphatic heterocycles. The van der Waals surface area contributed by atoms with Gasteiger partial charge in [0.15, 0.2) is 17.4 Å². The monoisotopic (exact) mass is 785 g/mol. The van der Waals surface area contributed by atoms with Gasteiger partial charge in [0.05, 0.1) is 5.56 Å². The summed E-state index contributed by atoms with van der Waals surface area (Å²) < 4.78 is 38.7. The Morgan fingerprint density at radius 2 is 1.17 bits per heavy atom. The quantitative estimate of drug-likeness (QED) is 0.0433. The van der Waals surface area contributed by atoms with E-state index in [0.717, 1.165) is 35.0 Å². The van der Waals surface area contributed by atoms with Gasteiger partial charge in [-0.15, -0.1) is 0 Å². The Morgan fingerprint density at radius 1 is 0.655 bits per heavy atom. The number of aromatic nitrogens is 8. The molecule has 4 heterocycles. The normalized spacial score (nSPS) is 13.6. The molecule has 2 aliphatic rings. The second-order valence-electron chi connectivity index (χ2n) is 14.0. The predicted octanol–water partition coefficient (Wildman–Crippen LogP) is 9.15. The van der Waals surface area contributed by atoms with Gasteiger partial charge in [0.2, 0.25) is 11.9 Å². The van der Waals surface area contributed by atoms with Crippen molar-refractivity contribution in [3.05, 3.63) is 138 Å². The van der Waals surface area contributed by atoms with Crippen LogP contribution in [0.2, 0.25) is 0 Å². The second kappa shape index (κ2) is 16.4. The zero-order valence-electron chi connectivity index (χ0n) is 30.9. The highest BCUT2D eigenvalue weighted by molar-refractivity contribution is 5.97. The van der Waals surface area contributed by atoms with E-state index in [1.54, 1.807) is 48.8 Å². The van der Waals surface area contributed by atoms with Gasteiger partial charge in [-0.2, -0.15) is 33.3 Å². The number of hydrogen-bond acceptors (Lipinski definition) is 12. The van der Waals surface area contributed by atoms with Crippen molar-refractivity contribution in [1.82, 2.24) is 40.3 Å². The minimum absolute atomic E-state index is 0.00991. The molecular weight excluding hydrogens is 748 g/mol. The van der Waals surface area contributed by atoms with E-state index in [1.165, 1.54) is 43.5 Å². The first-order chi connectivity index (χ1) is 28.1. The molecule has 8 N–H and O–H groups in total. The molecule has 58 heavy (non-hydrogen) atoms. The van der Waals surface area contributed by atoms with E-state index < -0.39 is 11.7 Å². The Balaban J connectivity index is 0.000000176. The van der Waals surface area contributed by atoms with E-state index in [4.69, 9.17) is 5.73 Å². The molecule has 2 fully saturated rings. The summed E-state index contributed by atoms with van der Waals surface area (Å²) in [6.07, 6.45) is 3.66. The first kappa shape index (κ1) is 37.6. The molecule has 0 saturated heterocycles. The number of aromatic amines is 2. The van der Waals surface area contributed by atoms with E-state index in [9.17, 15) is 18.0 Å². The summed E-state index contributed by atoms with van der Waals surface area (Å²) in [7, 11) is 0. The summed E-state index contributed by atoms with van der Waals surface area (Å²) in [6, 6.07) is 26.4. The average Bonchev–Trinajstić information content (AvgIpc) is 4.16. The van der Waals surface area contributed by atoms with Crippen LogP contribution in [0.25, 0.3) is 0 Å². The molecule has 14 nitrogen and oxygen atoms in total. The first-order valence-corrected chi connectivity index (χ1v) is 18.6. The highest BCUT2D eigenvalue weighted by Gasteiger charge is 2.31. The fourth-order valence-corrected chi connectivity index (χ4v) is 5.93. The van der Waals surface area contributed by atoms with Crippen molar-refractivity contribution in [3.63, 3.8) is 0 Å². The number of anilines is 9. The van der Waals surface area contributed by atoms with Crippen LogP contribution >= 0.6 is 0 Å². The van der Waals surface area contributed by atoms with Crippen LogP contribution in [-0.4, -0.2) is 46.1 Å². The molecular formula is C41H38F3N13O. The number of rotatable bonds is 13. The molecule has 2 saturated carbocycles. The number of nitrogen functional groups attached to an aromatic ring is 1. The van der Waals surface area contributed by atoms with Crippen LogP contribution in [0.3, 0.4) is 0 Å². The van der Waals surface area contributed by atoms with E-state index in [1.807, 2.05) is 36.4 Å². The van der Waals surface area contributed by atoms with Gasteiger partial charge in [-0.25, -0.2) is 9.97 Å². The molecule has 294 valence electrons. The smallest absolute Gasteiger partial charge is 0.399 e. The van der Waals surface area contributed by atoms with E-state index in [2.05, 4.69) is 61.6 Å². The summed E-state index contributed by atoms with van der Waals surface area (Å²) in [5, 5.41) is 27.2. The van der Waals surface area contributed by atoms with Gasteiger partial charge >= 0.3 is 6.18 Å². The highest BCUT2D eigenvalue weighted by atomic mass is 19.4. The number of alkyl halides is 3. The highest BCUT2D eigenvalue weighted by Crippen LogP contribution is 2.40. The predicted molar refractivity (Wildman–Crippen MR) is 215 cm³/mol. The number of benzene rings is 3. The summed E-state index contributed by atoms with van der Waals surface area (Å²) in [6.45, 7) is 0. The van der Waals surface area contributed by atoms with Crippen LogP contribution in [0, 0.1) is 0 Å². The van der Waals surface area contributed by atoms with Crippen molar-refractivity contribution in [3.8, 4) is 0 Å². The van der Waals surface area contributed by atoms with Gasteiger partial charge < -0.3 is 27.0 Å². The lowest BCUT2D eigenvalue weighted by atomic mass is 10.0. The SMILES string of the molecule is Nc1ccc(Nc2nccc(Nc3cc(C4CC4)[nH]n3)n2)cc1.O=C(Cc1ccc(Nc2nccc(Nc3cc(C4CC4)[nH]n3)n2)cc1)c1cccc(C(F)(F)F)c1. The maximum absolute atomic E-state index is 12.9. The van der Waals surface area contributed by atoms with Gasteiger partial charge in [-0.05, 0) is 91.9 Å². The largest absolute Gasteiger partial charge is 0.416 e. The van der Waals surface area contributed by atoms with Crippen LogP contribution in [0.15, 0.2) is 109 Å². The van der Waals surface area contributed by atoms with Crippen LogP contribution < -0.4 is 27.0 Å². The third-order valence-electron chi connectivity index (χ3n) is 9.31. The summed E-state index contributed by atoms with van der Waals surface area (Å²) in [5.41, 5.74) is 10.2. The van der Waals surface area contributed by atoms with Gasteiger partial charge in [-0.3, -0.25) is 15.0 Å². The van der Waals surface area contributed by atoms with Crippen molar-refractivity contribution < 1.29 is 18.0 Å². The summed E-state index contributed by atoms with van der Waals surface area (Å²) in [5.74, 6) is 4.44. The van der Waals surface area contributed by atoms with Crippen LogP contribution in [0.4, 0.5) is 65.4 Å². The van der Waals surface area contributed by atoms with Gasteiger partial charge in [0.1, 0.15) is 11.6 Å². The zero-order valence-corrected chi connectivity index (χ0v) is 30.9. The third-order valence-corrected chi connectivity index (χ3v) is 9.31. The second-order valence-corrected chi connectivity index (χ2v) is 14.0. The van der Waals surface area contributed by atoms with Crippen LogP contribution in [-0.2, 0) is 12.6 Å². The van der Waals surface area contributed by atoms with Crippen molar-refractivity contribution >= 4 is 58.0 Å². The Hall–Kier alpha value is -7.30. The Bertz CT molecular complexity index is 2490. The minimum Gasteiger partial charge on any atom is -0.399 e. The van der Waals surface area contributed by atoms with E-state index in [0.29, 0.717) is 52.4 Å². The Morgan fingerprint density at radius 3 is 1.67 bits per heavy atom. The van der Waals surface area contributed by atoms with Crippen LogP contribution in [0.5, 0.6) is 0 Å². The number of H-pyrrole nitrogens is 2. The lowest BCUT2D eigenvalue weighted by molar-refractivity contribution is -0.137. The maximum Gasteiger partial charge on any atom is 0.416 e. The third kappa shape index (κ3) is 10.1. The van der Waals surface area contributed by atoms with Crippen LogP contribution in [0.1, 0.15) is 70.4 Å².